The van der Waals surface area contributed by atoms with Gasteiger partial charge in [-0.3, -0.25) is 9.10 Å². The number of sulfonamides is 1. The van der Waals surface area contributed by atoms with Crippen LogP contribution in [0.3, 0.4) is 0 Å². The highest BCUT2D eigenvalue weighted by Gasteiger charge is 2.26. The lowest BCUT2D eigenvalue weighted by Gasteiger charge is -2.24. The van der Waals surface area contributed by atoms with Gasteiger partial charge in [-0.25, -0.2) is 12.8 Å². The summed E-state index contributed by atoms with van der Waals surface area (Å²) in [6.45, 7) is 1.52. The van der Waals surface area contributed by atoms with E-state index in [1.54, 1.807) is 12.1 Å². The molecule has 0 saturated heterocycles. The molecular weight excluding hydrogens is 357 g/mol. The second-order valence-electron chi connectivity index (χ2n) is 5.13. The maximum absolute atomic E-state index is 13.3. The molecule has 8 heteroatoms. The second-order valence-corrected chi connectivity index (χ2v) is 7.40. The molecule has 2 aromatic carbocycles. The zero-order chi connectivity index (χ0) is 17.9. The Kier molecular flexibility index (Phi) is 5.46. The predicted octanol–water partition coefficient (Wildman–Crippen LogP) is 3.46. The van der Waals surface area contributed by atoms with Crippen LogP contribution in [0.15, 0.2) is 47.4 Å². The summed E-state index contributed by atoms with van der Waals surface area (Å²) >= 11 is 5.72. The standard InChI is InChI=1S/C16H15ClFNO4S/c1-11-2-5-13(6-3-11)24(22,23)19(9-8-16(20)21)12-4-7-15(18)14(17)10-12/h2-7,10H,8-9H2,1H3,(H,20,21). The summed E-state index contributed by atoms with van der Waals surface area (Å²) < 4.78 is 40.0. The number of benzene rings is 2. The number of hydrogen-bond donors (Lipinski definition) is 1. The Morgan fingerprint density at radius 3 is 2.38 bits per heavy atom. The quantitative estimate of drug-likeness (QED) is 0.843. The monoisotopic (exact) mass is 371 g/mol. The van der Waals surface area contributed by atoms with Crippen LogP contribution in [0.2, 0.25) is 5.02 Å². The first-order valence-electron chi connectivity index (χ1n) is 6.98. The number of rotatable bonds is 6. The maximum Gasteiger partial charge on any atom is 0.305 e. The molecule has 0 atom stereocenters. The average molecular weight is 372 g/mol. The second kappa shape index (κ2) is 7.19. The van der Waals surface area contributed by atoms with Crippen LogP contribution in [0.4, 0.5) is 10.1 Å². The summed E-state index contributed by atoms with van der Waals surface area (Å²) in [4.78, 5) is 10.9. The van der Waals surface area contributed by atoms with Gasteiger partial charge in [0.05, 0.1) is 22.0 Å². The van der Waals surface area contributed by atoms with Crippen molar-refractivity contribution in [3.8, 4) is 0 Å². The van der Waals surface area contributed by atoms with Crippen molar-refractivity contribution in [1.82, 2.24) is 0 Å². The van der Waals surface area contributed by atoms with Crippen LogP contribution in [-0.2, 0) is 14.8 Å². The molecule has 5 nitrogen and oxygen atoms in total. The van der Waals surface area contributed by atoms with Crippen molar-refractivity contribution >= 4 is 33.3 Å². The highest BCUT2D eigenvalue weighted by atomic mass is 35.5. The van der Waals surface area contributed by atoms with E-state index in [-0.39, 0.29) is 22.2 Å². The first kappa shape index (κ1) is 18.2. The van der Waals surface area contributed by atoms with E-state index in [1.807, 2.05) is 6.92 Å². The van der Waals surface area contributed by atoms with Crippen LogP contribution in [0.5, 0.6) is 0 Å². The number of hydrogen-bond acceptors (Lipinski definition) is 3. The Morgan fingerprint density at radius 1 is 1.21 bits per heavy atom. The minimum Gasteiger partial charge on any atom is -0.481 e. The molecule has 0 bridgehead atoms. The van der Waals surface area contributed by atoms with Crippen molar-refractivity contribution in [1.29, 1.82) is 0 Å². The van der Waals surface area contributed by atoms with Crippen LogP contribution in [0.1, 0.15) is 12.0 Å². The zero-order valence-corrected chi connectivity index (χ0v) is 14.3. The van der Waals surface area contributed by atoms with Crippen molar-refractivity contribution < 1.29 is 22.7 Å². The van der Waals surface area contributed by atoms with Gasteiger partial charge in [-0.05, 0) is 37.3 Å². The molecule has 2 rings (SSSR count). The van der Waals surface area contributed by atoms with Crippen LogP contribution in [0, 0.1) is 12.7 Å². The Hall–Kier alpha value is -2.12. The normalized spacial score (nSPS) is 11.3. The van der Waals surface area contributed by atoms with Crippen LogP contribution in [-0.4, -0.2) is 26.0 Å². The first-order chi connectivity index (χ1) is 11.2. The van der Waals surface area contributed by atoms with E-state index < -0.39 is 28.2 Å². The summed E-state index contributed by atoms with van der Waals surface area (Å²) in [5.41, 5.74) is 0.985. The molecule has 0 fully saturated rings. The molecule has 0 aromatic heterocycles. The fourth-order valence-electron chi connectivity index (χ4n) is 2.06. The number of carboxylic acids is 1. The lowest BCUT2D eigenvalue weighted by Crippen LogP contribution is -2.33. The van der Waals surface area contributed by atoms with Gasteiger partial charge in [0.25, 0.3) is 10.0 Å². The fourth-order valence-corrected chi connectivity index (χ4v) is 3.69. The van der Waals surface area contributed by atoms with Gasteiger partial charge in [0.1, 0.15) is 5.82 Å². The molecule has 0 unspecified atom stereocenters. The minimum atomic E-state index is -4.01. The lowest BCUT2D eigenvalue weighted by atomic mass is 10.2. The number of nitrogens with zero attached hydrogens (tertiary/aromatic N) is 1. The lowest BCUT2D eigenvalue weighted by molar-refractivity contribution is -0.136. The summed E-state index contributed by atoms with van der Waals surface area (Å²) in [5, 5.41) is 8.63. The van der Waals surface area contributed by atoms with Gasteiger partial charge in [0.15, 0.2) is 0 Å². The number of anilines is 1. The maximum atomic E-state index is 13.3. The van der Waals surface area contributed by atoms with E-state index in [0.717, 1.165) is 22.0 Å². The number of carboxylic acid groups (broad SMARTS) is 1. The van der Waals surface area contributed by atoms with E-state index in [2.05, 4.69) is 0 Å². The molecule has 0 spiro atoms. The van der Waals surface area contributed by atoms with Gasteiger partial charge in [0.2, 0.25) is 0 Å². The summed E-state index contributed by atoms with van der Waals surface area (Å²) in [6, 6.07) is 9.59. The molecule has 0 aliphatic carbocycles. The Labute approximate surface area is 144 Å². The molecular formula is C16H15ClFNO4S. The fraction of sp³-hybridized carbons (Fsp3) is 0.188. The third-order valence-electron chi connectivity index (χ3n) is 3.33. The van der Waals surface area contributed by atoms with E-state index in [1.165, 1.54) is 18.2 Å². The number of carbonyl (C=O) groups is 1. The predicted molar refractivity (Wildman–Crippen MR) is 89.4 cm³/mol. The molecule has 0 saturated carbocycles. The Morgan fingerprint density at radius 2 is 1.83 bits per heavy atom. The van der Waals surface area contributed by atoms with Gasteiger partial charge >= 0.3 is 5.97 Å². The highest BCUT2D eigenvalue weighted by Crippen LogP contribution is 2.28. The van der Waals surface area contributed by atoms with Gasteiger partial charge in [-0.15, -0.1) is 0 Å². The molecule has 1 N–H and O–H groups in total. The number of halogens is 2. The van der Waals surface area contributed by atoms with E-state index in [9.17, 15) is 17.6 Å². The van der Waals surface area contributed by atoms with Crippen LogP contribution < -0.4 is 4.31 Å². The highest BCUT2D eigenvalue weighted by molar-refractivity contribution is 7.92. The first-order valence-corrected chi connectivity index (χ1v) is 8.80. The summed E-state index contributed by atoms with van der Waals surface area (Å²) in [5.74, 6) is -1.83. The van der Waals surface area contributed by atoms with Crippen LogP contribution in [0.25, 0.3) is 0 Å². The van der Waals surface area contributed by atoms with Crippen molar-refractivity contribution in [2.24, 2.45) is 0 Å². The van der Waals surface area contributed by atoms with Crippen LogP contribution >= 0.6 is 11.6 Å². The molecule has 24 heavy (non-hydrogen) atoms. The summed E-state index contributed by atoms with van der Waals surface area (Å²) in [7, 11) is -4.01. The van der Waals surface area contributed by atoms with Crippen molar-refractivity contribution in [3.05, 3.63) is 58.9 Å². The topological polar surface area (TPSA) is 74.7 Å². The minimum absolute atomic E-state index is 0.0129. The molecule has 2 aromatic rings. The average Bonchev–Trinajstić information content (AvgIpc) is 2.51. The van der Waals surface area contributed by atoms with Gasteiger partial charge < -0.3 is 5.11 Å². The summed E-state index contributed by atoms with van der Waals surface area (Å²) in [6.07, 6.45) is -0.403. The molecule has 0 aliphatic rings. The Balaban J connectivity index is 2.50. The molecule has 0 heterocycles. The molecule has 0 amide bonds. The van der Waals surface area contributed by atoms with Gasteiger partial charge in [0, 0.05) is 6.54 Å². The smallest absolute Gasteiger partial charge is 0.305 e. The molecule has 0 aliphatic heterocycles. The van der Waals surface area contributed by atoms with Crippen molar-refractivity contribution in [2.45, 2.75) is 18.2 Å². The number of aryl methyl sites for hydroxylation is 1. The molecule has 0 radical (unpaired) electrons. The zero-order valence-electron chi connectivity index (χ0n) is 12.7. The van der Waals surface area contributed by atoms with E-state index in [0.29, 0.717) is 0 Å². The van der Waals surface area contributed by atoms with Crippen molar-refractivity contribution in [3.63, 3.8) is 0 Å². The SMILES string of the molecule is Cc1ccc(S(=O)(=O)N(CCC(=O)O)c2ccc(F)c(Cl)c2)cc1. The van der Waals surface area contributed by atoms with Gasteiger partial charge in [-0.1, -0.05) is 29.3 Å². The Bertz CT molecular complexity index is 853. The third kappa shape index (κ3) is 4.04. The third-order valence-corrected chi connectivity index (χ3v) is 5.46. The van der Waals surface area contributed by atoms with E-state index >= 15 is 0 Å². The van der Waals surface area contributed by atoms with Gasteiger partial charge in [-0.2, -0.15) is 0 Å². The largest absolute Gasteiger partial charge is 0.481 e. The molecule has 128 valence electrons. The number of aliphatic carboxylic acids is 1. The van der Waals surface area contributed by atoms with Crippen molar-refractivity contribution in [2.75, 3.05) is 10.8 Å². The van der Waals surface area contributed by atoms with E-state index in [4.69, 9.17) is 16.7 Å².